The minimum atomic E-state index is -0.158. The summed E-state index contributed by atoms with van der Waals surface area (Å²) >= 11 is 0. The normalized spacial score (nSPS) is 21.1. The molecule has 2 unspecified atom stereocenters. The van der Waals surface area contributed by atoms with E-state index in [4.69, 9.17) is 10.6 Å². The zero-order valence-electron chi connectivity index (χ0n) is 10.6. The molecule has 0 saturated carbocycles. The number of nitrogens with two attached hydrogens (primary N) is 1. The Balaban J connectivity index is 1.83. The van der Waals surface area contributed by atoms with Crippen molar-refractivity contribution in [3.05, 3.63) is 35.6 Å². The average Bonchev–Trinajstić information content (AvgIpc) is 2.90. The molecule has 1 aromatic rings. The summed E-state index contributed by atoms with van der Waals surface area (Å²) in [6.07, 6.45) is 5.17. The van der Waals surface area contributed by atoms with Gasteiger partial charge in [-0.2, -0.15) is 0 Å². The third-order valence-corrected chi connectivity index (χ3v) is 3.52. The van der Waals surface area contributed by atoms with Crippen LogP contribution in [0.15, 0.2) is 24.3 Å². The maximum absolute atomic E-state index is 13.5. The van der Waals surface area contributed by atoms with Crippen molar-refractivity contribution in [2.24, 2.45) is 5.84 Å². The molecule has 2 rings (SSSR count). The minimum absolute atomic E-state index is 0.103. The number of hydrogen-bond acceptors (Lipinski definition) is 3. The molecule has 1 heterocycles. The zero-order chi connectivity index (χ0) is 12.8. The van der Waals surface area contributed by atoms with Gasteiger partial charge in [0.15, 0.2) is 0 Å². The van der Waals surface area contributed by atoms with Gasteiger partial charge in [-0.05, 0) is 43.7 Å². The van der Waals surface area contributed by atoms with Gasteiger partial charge in [0.25, 0.3) is 0 Å². The van der Waals surface area contributed by atoms with Gasteiger partial charge in [-0.25, -0.2) is 4.39 Å². The second-order valence-electron chi connectivity index (χ2n) is 4.87. The van der Waals surface area contributed by atoms with E-state index in [1.807, 2.05) is 12.1 Å². The Morgan fingerprint density at radius 3 is 2.94 bits per heavy atom. The fourth-order valence-electron chi connectivity index (χ4n) is 2.43. The number of ether oxygens (including phenoxy) is 1. The highest BCUT2D eigenvalue weighted by Gasteiger charge is 2.18. The summed E-state index contributed by atoms with van der Waals surface area (Å²) in [6.45, 7) is 0.874. The quantitative estimate of drug-likeness (QED) is 0.602. The van der Waals surface area contributed by atoms with Crippen LogP contribution in [0.2, 0.25) is 0 Å². The van der Waals surface area contributed by atoms with Gasteiger partial charge < -0.3 is 4.74 Å². The van der Waals surface area contributed by atoms with Crippen LogP contribution >= 0.6 is 0 Å². The van der Waals surface area contributed by atoms with Crippen LogP contribution in [0.1, 0.15) is 31.2 Å². The van der Waals surface area contributed by atoms with Crippen molar-refractivity contribution in [3.8, 4) is 0 Å². The number of rotatable bonds is 6. The van der Waals surface area contributed by atoms with E-state index >= 15 is 0 Å². The largest absolute Gasteiger partial charge is 0.378 e. The molecule has 1 aliphatic heterocycles. The second-order valence-corrected chi connectivity index (χ2v) is 4.87. The predicted octanol–water partition coefficient (Wildman–Crippen LogP) is 2.16. The Morgan fingerprint density at radius 1 is 1.44 bits per heavy atom. The van der Waals surface area contributed by atoms with Crippen LogP contribution in [0.3, 0.4) is 0 Å². The zero-order valence-corrected chi connectivity index (χ0v) is 10.6. The van der Waals surface area contributed by atoms with Gasteiger partial charge in [-0.1, -0.05) is 18.2 Å². The number of hydrogen-bond donors (Lipinski definition) is 2. The predicted molar refractivity (Wildman–Crippen MR) is 69.4 cm³/mol. The van der Waals surface area contributed by atoms with Crippen molar-refractivity contribution in [1.29, 1.82) is 0 Å². The summed E-state index contributed by atoms with van der Waals surface area (Å²) < 4.78 is 19.1. The molecule has 100 valence electrons. The second kappa shape index (κ2) is 6.83. The molecule has 0 aromatic heterocycles. The lowest BCUT2D eigenvalue weighted by Gasteiger charge is -2.18. The smallest absolute Gasteiger partial charge is 0.126 e. The van der Waals surface area contributed by atoms with Crippen LogP contribution in [0.4, 0.5) is 4.39 Å². The Morgan fingerprint density at radius 2 is 2.28 bits per heavy atom. The van der Waals surface area contributed by atoms with E-state index in [1.165, 1.54) is 6.07 Å². The van der Waals surface area contributed by atoms with Gasteiger partial charge in [-0.3, -0.25) is 11.3 Å². The first kappa shape index (κ1) is 13.5. The first-order valence-electron chi connectivity index (χ1n) is 6.60. The summed E-state index contributed by atoms with van der Waals surface area (Å²) in [5.74, 6) is 5.38. The van der Waals surface area contributed by atoms with Crippen molar-refractivity contribution >= 4 is 0 Å². The van der Waals surface area contributed by atoms with Crippen molar-refractivity contribution in [2.45, 2.75) is 44.2 Å². The molecule has 3 nitrogen and oxygen atoms in total. The third kappa shape index (κ3) is 3.77. The Kier molecular flexibility index (Phi) is 5.11. The van der Waals surface area contributed by atoms with Gasteiger partial charge in [0, 0.05) is 12.6 Å². The first-order valence-corrected chi connectivity index (χ1v) is 6.60. The van der Waals surface area contributed by atoms with E-state index in [-0.39, 0.29) is 11.9 Å². The minimum Gasteiger partial charge on any atom is -0.378 e. The molecule has 0 radical (unpaired) electrons. The van der Waals surface area contributed by atoms with Crippen LogP contribution in [0, 0.1) is 5.82 Å². The highest BCUT2D eigenvalue weighted by atomic mass is 19.1. The molecule has 0 bridgehead atoms. The van der Waals surface area contributed by atoms with E-state index in [0.717, 1.165) is 32.3 Å². The topological polar surface area (TPSA) is 47.3 Å². The molecule has 0 amide bonds. The number of hydrazine groups is 1. The highest BCUT2D eigenvalue weighted by Crippen LogP contribution is 2.19. The van der Waals surface area contributed by atoms with E-state index in [0.29, 0.717) is 18.1 Å². The van der Waals surface area contributed by atoms with Crippen molar-refractivity contribution < 1.29 is 9.13 Å². The molecule has 1 aromatic carbocycles. The number of halogens is 1. The Labute approximate surface area is 107 Å². The summed E-state index contributed by atoms with van der Waals surface area (Å²) in [6, 6.07) is 6.96. The lowest BCUT2D eigenvalue weighted by Crippen LogP contribution is -2.37. The molecule has 2 atom stereocenters. The third-order valence-electron chi connectivity index (χ3n) is 3.52. The van der Waals surface area contributed by atoms with E-state index in [1.54, 1.807) is 6.07 Å². The van der Waals surface area contributed by atoms with Crippen LogP contribution in [-0.2, 0) is 11.2 Å². The first-order chi connectivity index (χ1) is 8.79. The van der Waals surface area contributed by atoms with Gasteiger partial charge in [-0.15, -0.1) is 0 Å². The van der Waals surface area contributed by atoms with Crippen LogP contribution in [-0.4, -0.2) is 18.8 Å². The molecule has 0 spiro atoms. The van der Waals surface area contributed by atoms with E-state index in [2.05, 4.69) is 5.43 Å². The van der Waals surface area contributed by atoms with Gasteiger partial charge in [0.2, 0.25) is 0 Å². The molecule has 3 N–H and O–H groups in total. The Bertz CT molecular complexity index is 367. The van der Waals surface area contributed by atoms with Crippen molar-refractivity contribution in [3.63, 3.8) is 0 Å². The summed E-state index contributed by atoms with van der Waals surface area (Å²) in [5.41, 5.74) is 3.50. The average molecular weight is 252 g/mol. The van der Waals surface area contributed by atoms with Crippen molar-refractivity contribution in [2.75, 3.05) is 6.61 Å². The van der Waals surface area contributed by atoms with Crippen LogP contribution < -0.4 is 11.3 Å². The Hall–Kier alpha value is -0.970. The fourth-order valence-corrected chi connectivity index (χ4v) is 2.43. The van der Waals surface area contributed by atoms with Gasteiger partial charge >= 0.3 is 0 Å². The molecule has 1 saturated heterocycles. The van der Waals surface area contributed by atoms with E-state index < -0.39 is 0 Å². The molecular formula is C14H21FN2O. The van der Waals surface area contributed by atoms with Crippen molar-refractivity contribution in [1.82, 2.24) is 5.43 Å². The van der Waals surface area contributed by atoms with Gasteiger partial charge in [0.1, 0.15) is 5.82 Å². The maximum atomic E-state index is 13.5. The lowest BCUT2D eigenvalue weighted by atomic mass is 9.99. The summed E-state index contributed by atoms with van der Waals surface area (Å²) in [4.78, 5) is 0. The molecule has 0 aliphatic carbocycles. The summed E-state index contributed by atoms with van der Waals surface area (Å²) in [5, 5.41) is 0. The summed E-state index contributed by atoms with van der Waals surface area (Å²) in [7, 11) is 0. The van der Waals surface area contributed by atoms with E-state index in [9.17, 15) is 4.39 Å². The molecule has 4 heteroatoms. The molecule has 18 heavy (non-hydrogen) atoms. The van der Waals surface area contributed by atoms with Crippen LogP contribution in [0.5, 0.6) is 0 Å². The van der Waals surface area contributed by atoms with Gasteiger partial charge in [0.05, 0.1) is 6.10 Å². The number of benzene rings is 1. The SMILES string of the molecule is NNC(CCC1CCCO1)Cc1ccccc1F. The maximum Gasteiger partial charge on any atom is 0.126 e. The highest BCUT2D eigenvalue weighted by molar-refractivity contribution is 5.18. The lowest BCUT2D eigenvalue weighted by molar-refractivity contribution is 0.0995. The standard InChI is InChI=1S/C14H21FN2O/c15-14-6-2-1-4-11(14)10-12(17-16)7-8-13-5-3-9-18-13/h1-2,4,6,12-13,17H,3,5,7-10,16H2. The van der Waals surface area contributed by atoms with Crippen LogP contribution in [0.25, 0.3) is 0 Å². The number of nitrogens with one attached hydrogen (secondary N) is 1. The fraction of sp³-hybridized carbons (Fsp3) is 0.571. The monoisotopic (exact) mass is 252 g/mol. The molecular weight excluding hydrogens is 231 g/mol. The molecule has 1 aliphatic rings. The molecule has 1 fully saturated rings.